The van der Waals surface area contributed by atoms with Crippen LogP contribution in [0.3, 0.4) is 0 Å². The van der Waals surface area contributed by atoms with Gasteiger partial charge in [0.2, 0.25) is 0 Å². The van der Waals surface area contributed by atoms with E-state index in [2.05, 4.69) is 77.3 Å². The fraction of sp³-hybridized carbons (Fsp3) is 0.294. The van der Waals surface area contributed by atoms with Crippen LogP contribution in [0.4, 0.5) is 0 Å². The number of fused-ring (bicyclic) bond motifs is 1. The molecule has 0 radical (unpaired) electrons. The summed E-state index contributed by atoms with van der Waals surface area (Å²) in [6, 6.07) is 15.6. The first-order valence-electron chi connectivity index (χ1n) is 7.02. The topological polar surface area (TPSA) is 21.3 Å². The maximum absolute atomic E-state index is 5.59. The molecular weight excluding hydrogens is 361 g/mol. The quantitative estimate of drug-likeness (QED) is 0.814. The van der Waals surface area contributed by atoms with E-state index in [1.807, 2.05) is 0 Å². The summed E-state index contributed by atoms with van der Waals surface area (Å²) >= 11 is 2.34. The number of halogens is 1. The molecule has 3 rings (SSSR count). The van der Waals surface area contributed by atoms with Crippen LogP contribution in [-0.2, 0) is 6.42 Å². The van der Waals surface area contributed by atoms with Gasteiger partial charge < -0.3 is 10.1 Å². The first-order chi connectivity index (χ1) is 9.78. The largest absolute Gasteiger partial charge is 0.493 e. The molecule has 3 heteroatoms. The molecule has 104 valence electrons. The van der Waals surface area contributed by atoms with Crippen molar-refractivity contribution in [2.45, 2.75) is 19.4 Å². The Bertz CT molecular complexity index is 594. The average Bonchev–Trinajstić information content (AvgIpc) is 2.93. The Balaban J connectivity index is 1.95. The number of benzene rings is 2. The number of ether oxygens (including phenoxy) is 1. The van der Waals surface area contributed by atoms with E-state index in [0.29, 0.717) is 0 Å². The summed E-state index contributed by atoms with van der Waals surface area (Å²) < 4.78 is 6.86. The van der Waals surface area contributed by atoms with E-state index in [1.54, 1.807) is 0 Å². The molecule has 0 fully saturated rings. The van der Waals surface area contributed by atoms with E-state index in [0.717, 1.165) is 25.3 Å². The lowest BCUT2D eigenvalue weighted by Crippen LogP contribution is -2.22. The van der Waals surface area contributed by atoms with Crippen LogP contribution in [0.2, 0.25) is 0 Å². The van der Waals surface area contributed by atoms with E-state index >= 15 is 0 Å². The fourth-order valence-corrected chi connectivity index (χ4v) is 3.03. The molecule has 1 aliphatic rings. The highest BCUT2D eigenvalue weighted by molar-refractivity contribution is 14.1. The Morgan fingerprint density at radius 1 is 1.15 bits per heavy atom. The van der Waals surface area contributed by atoms with Crippen molar-refractivity contribution in [2.75, 3.05) is 13.2 Å². The minimum Gasteiger partial charge on any atom is -0.493 e. The lowest BCUT2D eigenvalue weighted by Gasteiger charge is -2.19. The SMILES string of the molecule is CCNC(c1ccc(I)cc1)c1ccc2c(c1)CCO2. The molecule has 0 bridgehead atoms. The van der Waals surface area contributed by atoms with Crippen molar-refractivity contribution in [2.24, 2.45) is 0 Å². The minimum absolute atomic E-state index is 0.253. The first-order valence-corrected chi connectivity index (χ1v) is 8.10. The first kappa shape index (κ1) is 13.9. The van der Waals surface area contributed by atoms with Gasteiger partial charge in [-0.15, -0.1) is 0 Å². The summed E-state index contributed by atoms with van der Waals surface area (Å²) in [4.78, 5) is 0. The van der Waals surface area contributed by atoms with E-state index in [-0.39, 0.29) is 6.04 Å². The highest BCUT2D eigenvalue weighted by Gasteiger charge is 2.17. The van der Waals surface area contributed by atoms with Crippen molar-refractivity contribution >= 4 is 22.6 Å². The highest BCUT2D eigenvalue weighted by Crippen LogP contribution is 2.30. The van der Waals surface area contributed by atoms with Crippen LogP contribution in [0.1, 0.15) is 29.7 Å². The smallest absolute Gasteiger partial charge is 0.122 e. The van der Waals surface area contributed by atoms with Crippen LogP contribution in [0.5, 0.6) is 5.75 Å². The van der Waals surface area contributed by atoms with Crippen molar-refractivity contribution in [3.63, 3.8) is 0 Å². The summed E-state index contributed by atoms with van der Waals surface area (Å²) in [5, 5.41) is 3.58. The zero-order valence-corrected chi connectivity index (χ0v) is 13.7. The molecule has 1 unspecified atom stereocenters. The van der Waals surface area contributed by atoms with Gasteiger partial charge in [0.25, 0.3) is 0 Å². The van der Waals surface area contributed by atoms with Crippen LogP contribution in [0.25, 0.3) is 0 Å². The molecule has 1 N–H and O–H groups in total. The maximum atomic E-state index is 5.59. The van der Waals surface area contributed by atoms with Crippen LogP contribution < -0.4 is 10.1 Å². The molecule has 2 nitrogen and oxygen atoms in total. The number of rotatable bonds is 4. The molecule has 2 aromatic carbocycles. The zero-order chi connectivity index (χ0) is 13.9. The van der Waals surface area contributed by atoms with Gasteiger partial charge in [-0.3, -0.25) is 0 Å². The fourth-order valence-electron chi connectivity index (χ4n) is 2.67. The second kappa shape index (κ2) is 6.14. The molecule has 0 spiro atoms. The Hall–Kier alpha value is -1.07. The lowest BCUT2D eigenvalue weighted by molar-refractivity contribution is 0.357. The van der Waals surface area contributed by atoms with Gasteiger partial charge in [-0.05, 0) is 64.0 Å². The summed E-state index contributed by atoms with van der Waals surface area (Å²) in [6.45, 7) is 3.91. The average molecular weight is 379 g/mol. The van der Waals surface area contributed by atoms with Crippen LogP contribution in [0, 0.1) is 3.57 Å². The molecule has 0 saturated carbocycles. The summed E-state index contributed by atoms with van der Waals surface area (Å²) in [5.41, 5.74) is 3.96. The van der Waals surface area contributed by atoms with Gasteiger partial charge in [0.15, 0.2) is 0 Å². The molecule has 1 aliphatic heterocycles. The standard InChI is InChI=1S/C17H18INO/c1-2-19-17(12-3-6-15(18)7-4-12)14-5-8-16-13(11-14)9-10-20-16/h3-8,11,17,19H,2,9-10H2,1H3. The van der Waals surface area contributed by atoms with E-state index < -0.39 is 0 Å². The summed E-state index contributed by atoms with van der Waals surface area (Å²) in [7, 11) is 0. The molecule has 1 heterocycles. The van der Waals surface area contributed by atoms with Crippen molar-refractivity contribution in [3.8, 4) is 5.75 Å². The van der Waals surface area contributed by atoms with Gasteiger partial charge in [0, 0.05) is 9.99 Å². The third kappa shape index (κ3) is 2.83. The second-order valence-electron chi connectivity index (χ2n) is 5.01. The summed E-state index contributed by atoms with van der Waals surface area (Å²) in [6.07, 6.45) is 1.02. The van der Waals surface area contributed by atoms with E-state index in [4.69, 9.17) is 4.74 Å². The van der Waals surface area contributed by atoms with Crippen molar-refractivity contribution in [1.82, 2.24) is 5.32 Å². The number of nitrogens with one attached hydrogen (secondary N) is 1. The highest BCUT2D eigenvalue weighted by atomic mass is 127. The van der Waals surface area contributed by atoms with Crippen LogP contribution in [-0.4, -0.2) is 13.2 Å². The van der Waals surface area contributed by atoms with E-state index in [1.165, 1.54) is 20.3 Å². The molecule has 1 atom stereocenters. The van der Waals surface area contributed by atoms with Gasteiger partial charge in [-0.1, -0.05) is 31.2 Å². The predicted octanol–water partition coefficient (Wildman–Crippen LogP) is 3.93. The van der Waals surface area contributed by atoms with Crippen LogP contribution >= 0.6 is 22.6 Å². The van der Waals surface area contributed by atoms with E-state index in [9.17, 15) is 0 Å². The van der Waals surface area contributed by atoms with Gasteiger partial charge in [-0.2, -0.15) is 0 Å². The predicted molar refractivity (Wildman–Crippen MR) is 90.3 cm³/mol. The Morgan fingerprint density at radius 2 is 1.90 bits per heavy atom. The normalized spacial score (nSPS) is 14.7. The second-order valence-corrected chi connectivity index (χ2v) is 6.25. The van der Waals surface area contributed by atoms with Gasteiger partial charge in [-0.25, -0.2) is 0 Å². The third-order valence-corrected chi connectivity index (χ3v) is 4.38. The van der Waals surface area contributed by atoms with Crippen molar-refractivity contribution in [3.05, 3.63) is 62.7 Å². The van der Waals surface area contributed by atoms with Gasteiger partial charge >= 0.3 is 0 Å². The van der Waals surface area contributed by atoms with Crippen molar-refractivity contribution in [1.29, 1.82) is 0 Å². The lowest BCUT2D eigenvalue weighted by atomic mass is 9.96. The molecule has 0 saturated heterocycles. The Morgan fingerprint density at radius 3 is 2.65 bits per heavy atom. The monoisotopic (exact) mass is 379 g/mol. The van der Waals surface area contributed by atoms with Gasteiger partial charge in [0.05, 0.1) is 12.6 Å². The molecule has 0 aromatic heterocycles. The molecular formula is C17H18INO. The van der Waals surface area contributed by atoms with Crippen molar-refractivity contribution < 1.29 is 4.74 Å². The third-order valence-electron chi connectivity index (χ3n) is 3.66. The van der Waals surface area contributed by atoms with Gasteiger partial charge in [0.1, 0.15) is 5.75 Å². The number of hydrogen-bond acceptors (Lipinski definition) is 2. The summed E-state index contributed by atoms with van der Waals surface area (Å²) in [5.74, 6) is 1.05. The number of hydrogen-bond donors (Lipinski definition) is 1. The molecule has 0 amide bonds. The Kier molecular flexibility index (Phi) is 4.27. The molecule has 2 aromatic rings. The maximum Gasteiger partial charge on any atom is 0.122 e. The molecule has 20 heavy (non-hydrogen) atoms. The molecule has 0 aliphatic carbocycles. The Labute approximate surface area is 133 Å². The minimum atomic E-state index is 0.253. The van der Waals surface area contributed by atoms with Crippen LogP contribution in [0.15, 0.2) is 42.5 Å². The zero-order valence-electron chi connectivity index (χ0n) is 11.5.